The smallest absolute Gasteiger partial charge is 0.270 e. The normalized spacial score (nSPS) is 10.6. The number of anilines is 1. The molecule has 0 fully saturated rings. The third-order valence-electron chi connectivity index (χ3n) is 2.73. The summed E-state index contributed by atoms with van der Waals surface area (Å²) in [6.45, 7) is 1.90. The van der Waals surface area contributed by atoms with Gasteiger partial charge in [0.2, 0.25) is 5.95 Å². The summed E-state index contributed by atoms with van der Waals surface area (Å²) in [4.78, 5) is 22.3. The van der Waals surface area contributed by atoms with Crippen molar-refractivity contribution in [1.82, 2.24) is 20.2 Å². The van der Waals surface area contributed by atoms with Gasteiger partial charge in [-0.1, -0.05) is 0 Å². The number of likely N-dealkylation sites (N-methyl/N-ethyl adjacent to an activating group) is 1. The van der Waals surface area contributed by atoms with Crippen molar-refractivity contribution in [2.75, 3.05) is 32.5 Å². The molecule has 0 saturated heterocycles. The van der Waals surface area contributed by atoms with Crippen molar-refractivity contribution in [3.63, 3.8) is 0 Å². The second-order valence-corrected chi connectivity index (χ2v) is 4.76. The maximum atomic E-state index is 12.0. The Hall–Kier alpha value is -2.41. The predicted octanol–water partition coefficient (Wildman–Crippen LogP) is 0.973. The van der Waals surface area contributed by atoms with Crippen LogP contribution in [0.15, 0.2) is 35.1 Å². The van der Waals surface area contributed by atoms with Crippen molar-refractivity contribution in [2.45, 2.75) is 6.54 Å². The van der Waals surface area contributed by atoms with Crippen LogP contribution in [0.25, 0.3) is 0 Å². The number of rotatable bonds is 7. The number of carbonyl (C=O) groups excluding carboxylic acids is 1. The van der Waals surface area contributed by atoms with Gasteiger partial charge in [-0.15, -0.1) is 0 Å². The zero-order valence-corrected chi connectivity index (χ0v) is 12.2. The van der Waals surface area contributed by atoms with Crippen molar-refractivity contribution in [2.24, 2.45) is 0 Å². The van der Waals surface area contributed by atoms with E-state index < -0.39 is 0 Å². The number of aromatic nitrogens is 2. The molecule has 0 aromatic carbocycles. The minimum absolute atomic E-state index is 0.260. The van der Waals surface area contributed by atoms with E-state index in [4.69, 9.17) is 4.42 Å². The molecule has 0 spiro atoms. The van der Waals surface area contributed by atoms with Gasteiger partial charge >= 0.3 is 0 Å². The molecule has 0 saturated carbocycles. The Kier molecular flexibility index (Phi) is 5.28. The average molecular weight is 289 g/mol. The summed E-state index contributed by atoms with van der Waals surface area (Å²) in [5, 5.41) is 5.82. The Bertz CT molecular complexity index is 569. The van der Waals surface area contributed by atoms with Gasteiger partial charge in [0, 0.05) is 19.3 Å². The van der Waals surface area contributed by atoms with Gasteiger partial charge in [-0.3, -0.25) is 4.79 Å². The van der Waals surface area contributed by atoms with Gasteiger partial charge in [-0.05, 0) is 32.3 Å². The molecule has 112 valence electrons. The van der Waals surface area contributed by atoms with Crippen molar-refractivity contribution in [3.05, 3.63) is 42.1 Å². The maximum absolute atomic E-state index is 12.0. The van der Waals surface area contributed by atoms with Crippen LogP contribution in [0.2, 0.25) is 0 Å². The summed E-state index contributed by atoms with van der Waals surface area (Å²) in [5.74, 6) is 0.883. The maximum Gasteiger partial charge on any atom is 0.270 e. The van der Waals surface area contributed by atoms with Crippen molar-refractivity contribution in [1.29, 1.82) is 0 Å². The van der Waals surface area contributed by atoms with Gasteiger partial charge < -0.3 is 20.0 Å². The molecule has 2 aromatic rings. The fraction of sp³-hybridized carbons (Fsp3) is 0.357. The highest BCUT2D eigenvalue weighted by Crippen LogP contribution is 2.02. The number of nitrogens with one attached hydrogen (secondary N) is 2. The predicted molar refractivity (Wildman–Crippen MR) is 79.0 cm³/mol. The monoisotopic (exact) mass is 289 g/mol. The number of furan rings is 1. The van der Waals surface area contributed by atoms with Crippen LogP contribution in [0.3, 0.4) is 0 Å². The first kappa shape index (κ1) is 15.0. The highest BCUT2D eigenvalue weighted by Gasteiger charge is 2.09. The fourth-order valence-corrected chi connectivity index (χ4v) is 1.63. The third-order valence-corrected chi connectivity index (χ3v) is 2.73. The molecule has 2 heterocycles. The van der Waals surface area contributed by atoms with Crippen LogP contribution < -0.4 is 10.6 Å². The van der Waals surface area contributed by atoms with Crippen molar-refractivity contribution < 1.29 is 9.21 Å². The number of amides is 1. The first-order valence-electron chi connectivity index (χ1n) is 6.67. The summed E-state index contributed by atoms with van der Waals surface area (Å²) in [6.07, 6.45) is 3.13. The van der Waals surface area contributed by atoms with Gasteiger partial charge in [0.1, 0.15) is 11.5 Å². The minimum atomic E-state index is -0.260. The number of carbonyl (C=O) groups is 1. The van der Waals surface area contributed by atoms with E-state index in [1.54, 1.807) is 30.7 Å². The summed E-state index contributed by atoms with van der Waals surface area (Å²) < 4.78 is 5.15. The molecule has 0 bridgehead atoms. The number of hydrogen-bond acceptors (Lipinski definition) is 6. The minimum Gasteiger partial charge on any atom is -0.467 e. The summed E-state index contributed by atoms with van der Waals surface area (Å²) in [5.41, 5.74) is 0.323. The van der Waals surface area contributed by atoms with Gasteiger partial charge in [-0.25, -0.2) is 9.97 Å². The Morgan fingerprint density at radius 2 is 2.24 bits per heavy atom. The second-order valence-electron chi connectivity index (χ2n) is 4.76. The summed E-state index contributed by atoms with van der Waals surface area (Å²) in [7, 11) is 3.97. The van der Waals surface area contributed by atoms with Crippen LogP contribution >= 0.6 is 0 Å². The SMILES string of the molecule is CN(C)CCNc1nccc(C(=O)NCc2ccco2)n1. The van der Waals surface area contributed by atoms with Crippen molar-refractivity contribution >= 4 is 11.9 Å². The Morgan fingerprint density at radius 1 is 1.38 bits per heavy atom. The van der Waals surface area contributed by atoms with Crippen LogP contribution in [0, 0.1) is 0 Å². The molecule has 0 aliphatic rings. The van der Waals surface area contributed by atoms with E-state index in [-0.39, 0.29) is 5.91 Å². The Labute approximate surface area is 123 Å². The molecule has 0 unspecified atom stereocenters. The molecular weight excluding hydrogens is 270 g/mol. The first-order valence-corrected chi connectivity index (χ1v) is 6.67. The standard InChI is InChI=1S/C14H19N5O2/c1-19(2)8-7-16-14-15-6-5-12(18-14)13(20)17-10-11-4-3-9-21-11/h3-6,9H,7-8,10H2,1-2H3,(H,17,20)(H,15,16,18). The fourth-order valence-electron chi connectivity index (χ4n) is 1.63. The van der Waals surface area contributed by atoms with E-state index in [2.05, 4.69) is 20.6 Å². The molecule has 7 nitrogen and oxygen atoms in total. The lowest BCUT2D eigenvalue weighted by Crippen LogP contribution is -2.25. The third kappa shape index (κ3) is 4.88. The molecule has 2 rings (SSSR count). The van der Waals surface area contributed by atoms with E-state index in [0.29, 0.717) is 30.5 Å². The largest absolute Gasteiger partial charge is 0.467 e. The van der Waals surface area contributed by atoms with Gasteiger partial charge in [-0.2, -0.15) is 0 Å². The molecule has 21 heavy (non-hydrogen) atoms. The highest BCUT2D eigenvalue weighted by molar-refractivity contribution is 5.92. The average Bonchev–Trinajstić information content (AvgIpc) is 2.98. The van der Waals surface area contributed by atoms with E-state index in [1.165, 1.54) is 0 Å². The molecule has 0 radical (unpaired) electrons. The van der Waals surface area contributed by atoms with Gasteiger partial charge in [0.05, 0.1) is 12.8 Å². The molecule has 0 aliphatic carbocycles. The number of nitrogens with zero attached hydrogens (tertiary/aromatic N) is 3. The zero-order valence-electron chi connectivity index (χ0n) is 12.2. The van der Waals surface area contributed by atoms with Crippen molar-refractivity contribution in [3.8, 4) is 0 Å². The quantitative estimate of drug-likeness (QED) is 0.790. The van der Waals surface area contributed by atoms with Crippen LogP contribution in [0.1, 0.15) is 16.2 Å². The van der Waals surface area contributed by atoms with E-state index >= 15 is 0 Å². The summed E-state index contributed by atoms with van der Waals surface area (Å²) in [6, 6.07) is 5.15. The first-order chi connectivity index (χ1) is 10.1. The van der Waals surface area contributed by atoms with E-state index in [9.17, 15) is 4.79 Å². The molecule has 2 aromatic heterocycles. The number of hydrogen-bond donors (Lipinski definition) is 2. The van der Waals surface area contributed by atoms with E-state index in [1.807, 2.05) is 19.0 Å². The molecular formula is C14H19N5O2. The molecule has 2 N–H and O–H groups in total. The van der Waals surface area contributed by atoms with E-state index in [0.717, 1.165) is 6.54 Å². The van der Waals surface area contributed by atoms with Crippen LogP contribution in [0.5, 0.6) is 0 Å². The Balaban J connectivity index is 1.88. The van der Waals surface area contributed by atoms with Crippen LogP contribution in [-0.4, -0.2) is 48.0 Å². The lowest BCUT2D eigenvalue weighted by Gasteiger charge is -2.10. The molecule has 0 aliphatic heterocycles. The summed E-state index contributed by atoms with van der Waals surface area (Å²) >= 11 is 0. The van der Waals surface area contributed by atoms with Gasteiger partial charge in [0.15, 0.2) is 0 Å². The topological polar surface area (TPSA) is 83.3 Å². The molecule has 0 atom stereocenters. The second kappa shape index (κ2) is 7.39. The van der Waals surface area contributed by atoms with Crippen LogP contribution in [0.4, 0.5) is 5.95 Å². The molecule has 1 amide bonds. The highest BCUT2D eigenvalue weighted by atomic mass is 16.3. The zero-order chi connectivity index (χ0) is 15.1. The Morgan fingerprint density at radius 3 is 2.95 bits per heavy atom. The van der Waals surface area contributed by atoms with Gasteiger partial charge in [0.25, 0.3) is 5.91 Å². The molecule has 7 heteroatoms. The lowest BCUT2D eigenvalue weighted by molar-refractivity contribution is 0.0943. The lowest BCUT2D eigenvalue weighted by atomic mass is 10.3. The van der Waals surface area contributed by atoms with Crippen LogP contribution in [-0.2, 0) is 6.54 Å².